The van der Waals surface area contributed by atoms with Crippen molar-refractivity contribution in [2.75, 3.05) is 54.9 Å². The van der Waals surface area contributed by atoms with E-state index >= 15 is 0 Å². The molecule has 48 heavy (non-hydrogen) atoms. The van der Waals surface area contributed by atoms with Gasteiger partial charge in [0.15, 0.2) is 11.6 Å². The van der Waals surface area contributed by atoms with Gasteiger partial charge in [0.1, 0.15) is 17.9 Å². The molecule has 3 fully saturated rings. The zero-order chi connectivity index (χ0) is 33.9. The first-order chi connectivity index (χ1) is 23.0. The molecule has 1 amide bonds. The first-order valence-corrected chi connectivity index (χ1v) is 18.4. The van der Waals surface area contributed by atoms with Crippen molar-refractivity contribution in [3.63, 3.8) is 0 Å². The van der Waals surface area contributed by atoms with Gasteiger partial charge in [0.2, 0.25) is 10.0 Å². The molecule has 1 spiro atoms. The van der Waals surface area contributed by atoms with Gasteiger partial charge in [-0.3, -0.25) is 4.79 Å². The highest BCUT2D eigenvalue weighted by Crippen LogP contribution is 2.45. The standard InChI is InChI=1S/C35H45FN6O5S/c1-4-48(44,45)39-27-11-12-29(46-21-27)20-40-16-14-35(15-17-40)22-41(23-35)33-32(19-37-24-38-33)47-31-13-10-26(36)18-30(31)34(43)42(25(2)3)28-8-6-5-7-9-28/h5-10,13,18-19,24-25,27,29,39H,4,11-12,14-17,20-23H2,1-3H3/t27-,29+/m1/s1. The molecule has 3 saturated heterocycles. The number of anilines is 2. The fourth-order valence-corrected chi connectivity index (χ4v) is 7.83. The maximum absolute atomic E-state index is 14.5. The average molecular weight is 681 g/mol. The maximum atomic E-state index is 14.5. The van der Waals surface area contributed by atoms with Gasteiger partial charge in [0, 0.05) is 42.8 Å². The Morgan fingerprint density at radius 2 is 1.88 bits per heavy atom. The Kier molecular flexibility index (Phi) is 10.3. The Bertz CT molecular complexity index is 1670. The number of para-hydroxylation sites is 1. The Balaban J connectivity index is 1.06. The molecule has 0 saturated carbocycles. The smallest absolute Gasteiger partial charge is 0.262 e. The van der Waals surface area contributed by atoms with E-state index in [1.807, 2.05) is 44.2 Å². The van der Waals surface area contributed by atoms with Crippen LogP contribution in [-0.4, -0.2) is 92.5 Å². The van der Waals surface area contributed by atoms with Crippen molar-refractivity contribution in [3.8, 4) is 11.5 Å². The second-order valence-corrected chi connectivity index (χ2v) is 15.5. The summed E-state index contributed by atoms with van der Waals surface area (Å²) in [6.07, 6.45) is 6.93. The number of amides is 1. The summed E-state index contributed by atoms with van der Waals surface area (Å²) in [7, 11) is -3.23. The molecule has 1 N–H and O–H groups in total. The van der Waals surface area contributed by atoms with E-state index in [4.69, 9.17) is 9.47 Å². The summed E-state index contributed by atoms with van der Waals surface area (Å²) in [4.78, 5) is 28.9. The van der Waals surface area contributed by atoms with Crippen LogP contribution in [0.1, 0.15) is 56.8 Å². The molecule has 2 atom stereocenters. The zero-order valence-electron chi connectivity index (χ0n) is 27.8. The van der Waals surface area contributed by atoms with Gasteiger partial charge >= 0.3 is 0 Å². The van der Waals surface area contributed by atoms with E-state index in [1.165, 1.54) is 24.5 Å². The highest BCUT2D eigenvalue weighted by molar-refractivity contribution is 7.89. The minimum atomic E-state index is -3.23. The second-order valence-electron chi connectivity index (χ2n) is 13.5. The topological polar surface area (TPSA) is 117 Å². The molecule has 258 valence electrons. The normalized spacial score (nSPS) is 21.2. The second kappa shape index (κ2) is 14.5. The van der Waals surface area contributed by atoms with Crippen molar-refractivity contribution >= 4 is 27.4 Å². The molecule has 3 aromatic rings. The Morgan fingerprint density at radius 1 is 1.12 bits per heavy atom. The molecule has 0 bridgehead atoms. The molecule has 13 heteroatoms. The van der Waals surface area contributed by atoms with Crippen LogP contribution < -0.4 is 19.3 Å². The minimum absolute atomic E-state index is 0.0775. The SMILES string of the molecule is CCS(=O)(=O)N[C@@H]1CC[C@@H](CN2CCC3(CC2)CN(c2ncncc2Oc2ccc(F)cc2C(=O)N(c2ccccc2)C(C)C)C3)OC1. The number of piperidine rings is 1. The number of halogens is 1. The number of ether oxygens (including phenoxy) is 2. The Hall–Kier alpha value is -3.65. The third-order valence-corrected chi connectivity index (χ3v) is 11.1. The van der Waals surface area contributed by atoms with Gasteiger partial charge < -0.3 is 24.2 Å². The predicted octanol–water partition coefficient (Wildman–Crippen LogP) is 4.85. The van der Waals surface area contributed by atoms with E-state index in [0.29, 0.717) is 23.9 Å². The van der Waals surface area contributed by atoms with E-state index in [0.717, 1.165) is 58.4 Å². The number of likely N-dealkylation sites (tertiary alicyclic amines) is 1. The van der Waals surface area contributed by atoms with Crippen LogP contribution in [0.3, 0.4) is 0 Å². The quantitative estimate of drug-likeness (QED) is 0.303. The lowest BCUT2D eigenvalue weighted by molar-refractivity contribution is -0.0299. The van der Waals surface area contributed by atoms with Crippen LogP contribution in [0.25, 0.3) is 0 Å². The van der Waals surface area contributed by atoms with Crippen molar-refractivity contribution in [1.82, 2.24) is 19.6 Å². The van der Waals surface area contributed by atoms with E-state index in [9.17, 15) is 17.6 Å². The monoisotopic (exact) mass is 680 g/mol. The highest BCUT2D eigenvalue weighted by Gasteiger charge is 2.46. The largest absolute Gasteiger partial charge is 0.451 e. The maximum Gasteiger partial charge on any atom is 0.262 e. The number of rotatable bonds is 11. The van der Waals surface area contributed by atoms with Crippen LogP contribution in [-0.2, 0) is 14.8 Å². The first kappa shape index (κ1) is 34.2. The van der Waals surface area contributed by atoms with Gasteiger partial charge in [-0.25, -0.2) is 27.5 Å². The number of hydrogen-bond acceptors (Lipinski definition) is 9. The molecule has 3 aliphatic rings. The number of benzene rings is 2. The summed E-state index contributed by atoms with van der Waals surface area (Å²) in [5.41, 5.74) is 1.01. The van der Waals surface area contributed by atoms with Crippen molar-refractivity contribution in [2.45, 2.75) is 64.6 Å². The molecule has 6 rings (SSSR count). The molecule has 1 aromatic heterocycles. The third-order valence-electron chi connectivity index (χ3n) is 9.65. The third kappa shape index (κ3) is 7.80. The fourth-order valence-electron chi connectivity index (χ4n) is 6.97. The van der Waals surface area contributed by atoms with Crippen molar-refractivity contribution < 1.29 is 27.1 Å². The number of hydrogen-bond donors (Lipinski definition) is 1. The van der Waals surface area contributed by atoms with Gasteiger partial charge in [-0.2, -0.15) is 0 Å². The van der Waals surface area contributed by atoms with Crippen LogP contribution in [0.2, 0.25) is 0 Å². The van der Waals surface area contributed by atoms with Crippen LogP contribution >= 0.6 is 0 Å². The summed E-state index contributed by atoms with van der Waals surface area (Å²) < 4.78 is 53.4. The van der Waals surface area contributed by atoms with Gasteiger partial charge in [0.05, 0.1) is 30.2 Å². The average Bonchev–Trinajstić information content (AvgIpc) is 3.06. The summed E-state index contributed by atoms with van der Waals surface area (Å²) in [5.74, 6) is 0.485. The Labute approximate surface area is 282 Å². The molecule has 3 aliphatic heterocycles. The predicted molar refractivity (Wildman–Crippen MR) is 183 cm³/mol. The van der Waals surface area contributed by atoms with Crippen LogP contribution in [0.5, 0.6) is 11.5 Å². The van der Waals surface area contributed by atoms with Gasteiger partial charge in [-0.1, -0.05) is 18.2 Å². The number of carbonyl (C=O) groups is 1. The van der Waals surface area contributed by atoms with Crippen molar-refractivity contribution in [1.29, 1.82) is 0 Å². The van der Waals surface area contributed by atoms with Crippen molar-refractivity contribution in [2.24, 2.45) is 5.41 Å². The zero-order valence-corrected chi connectivity index (χ0v) is 28.7. The summed E-state index contributed by atoms with van der Waals surface area (Å²) in [5, 5.41) is 0. The van der Waals surface area contributed by atoms with E-state index in [2.05, 4.69) is 24.5 Å². The lowest BCUT2D eigenvalue weighted by Gasteiger charge is -2.54. The van der Waals surface area contributed by atoms with E-state index < -0.39 is 15.8 Å². The van der Waals surface area contributed by atoms with E-state index in [1.54, 1.807) is 18.0 Å². The van der Waals surface area contributed by atoms with E-state index in [-0.39, 0.29) is 46.6 Å². The highest BCUT2D eigenvalue weighted by atomic mass is 32.2. The lowest BCUT2D eigenvalue weighted by Crippen LogP contribution is -2.61. The van der Waals surface area contributed by atoms with Crippen LogP contribution in [0.15, 0.2) is 61.1 Å². The number of aromatic nitrogens is 2. The number of sulfonamides is 1. The summed E-state index contributed by atoms with van der Waals surface area (Å²) in [6.45, 7) is 10.3. The molecule has 0 unspecified atom stereocenters. The number of nitrogens with zero attached hydrogens (tertiary/aromatic N) is 5. The molecular weight excluding hydrogens is 635 g/mol. The van der Waals surface area contributed by atoms with Gasteiger partial charge in [-0.15, -0.1) is 0 Å². The molecule has 0 aliphatic carbocycles. The van der Waals surface area contributed by atoms with Gasteiger partial charge in [-0.05, 0) is 89.9 Å². The molecule has 2 aromatic carbocycles. The summed E-state index contributed by atoms with van der Waals surface area (Å²) >= 11 is 0. The van der Waals surface area contributed by atoms with Crippen LogP contribution in [0, 0.1) is 11.2 Å². The molecular formula is C35H45FN6O5S. The summed E-state index contributed by atoms with van der Waals surface area (Å²) in [6, 6.07) is 13.0. The Morgan fingerprint density at radius 3 is 2.54 bits per heavy atom. The van der Waals surface area contributed by atoms with Gasteiger partial charge in [0.25, 0.3) is 5.91 Å². The molecule has 11 nitrogen and oxygen atoms in total. The lowest BCUT2D eigenvalue weighted by atomic mass is 9.72. The van der Waals surface area contributed by atoms with Crippen LogP contribution in [0.4, 0.5) is 15.9 Å². The minimum Gasteiger partial charge on any atom is -0.451 e. The molecule has 0 radical (unpaired) electrons. The fraction of sp³-hybridized carbons (Fsp3) is 0.514. The molecule has 4 heterocycles. The number of nitrogens with one attached hydrogen (secondary N) is 1. The first-order valence-electron chi connectivity index (χ1n) is 16.8. The van der Waals surface area contributed by atoms with Crippen molar-refractivity contribution in [3.05, 3.63) is 72.4 Å². The number of carbonyl (C=O) groups excluding carboxylic acids is 1.